The van der Waals surface area contributed by atoms with Crippen molar-refractivity contribution >= 4 is 27.7 Å². The van der Waals surface area contributed by atoms with Crippen LogP contribution in [0, 0.1) is 0 Å². The van der Waals surface area contributed by atoms with Crippen molar-refractivity contribution in [3.63, 3.8) is 0 Å². The molecule has 0 N–H and O–H groups in total. The Morgan fingerprint density at radius 1 is 1.40 bits per heavy atom. The second-order valence-electron chi connectivity index (χ2n) is 4.44. The molecular weight excluding hydrogens is 334 g/mol. The largest absolute Gasteiger partial charge is 0.241 e. The molecule has 1 heterocycles. The van der Waals surface area contributed by atoms with Gasteiger partial charge in [-0.25, -0.2) is 9.67 Å². The van der Waals surface area contributed by atoms with E-state index in [1.165, 1.54) is 0 Å². The summed E-state index contributed by atoms with van der Waals surface area (Å²) in [6.45, 7) is 10.3. The first-order valence-electron chi connectivity index (χ1n) is 6.19. The highest BCUT2D eigenvalue weighted by atomic mass is 79.9. The first-order chi connectivity index (χ1) is 9.60. The summed E-state index contributed by atoms with van der Waals surface area (Å²) in [5.74, 6) is 1.69. The summed E-state index contributed by atoms with van der Waals surface area (Å²) < 4.78 is 2.92. The highest BCUT2D eigenvalue weighted by Crippen LogP contribution is 2.24. The molecule has 0 unspecified atom stereocenters. The number of rotatable bonds is 6. The number of hydrogen-bond donors (Lipinski definition) is 0. The van der Waals surface area contributed by atoms with E-state index in [1.807, 2.05) is 41.9 Å². The van der Waals surface area contributed by atoms with Gasteiger partial charge in [-0.2, -0.15) is 0 Å². The zero-order valence-corrected chi connectivity index (χ0v) is 13.7. The van der Waals surface area contributed by atoms with E-state index >= 15 is 0 Å². The maximum Gasteiger partial charge on any atom is 0.209 e. The SMILES string of the molecule is C=CCn1nc(SCC(=C)C)nc1-c1ccc(Br)cc1. The monoisotopic (exact) mass is 349 g/mol. The Morgan fingerprint density at radius 3 is 2.70 bits per heavy atom. The lowest BCUT2D eigenvalue weighted by molar-refractivity contribution is 0.687. The predicted octanol–water partition coefficient (Wildman–Crippen LogP) is 4.56. The number of thioether (sulfide) groups is 1. The molecule has 2 rings (SSSR count). The van der Waals surface area contributed by atoms with Gasteiger partial charge in [0.05, 0.1) is 6.54 Å². The van der Waals surface area contributed by atoms with Crippen molar-refractivity contribution < 1.29 is 0 Å². The molecule has 0 amide bonds. The fourth-order valence-corrected chi connectivity index (χ4v) is 2.58. The molecule has 20 heavy (non-hydrogen) atoms. The fourth-order valence-electron chi connectivity index (χ4n) is 1.63. The molecule has 104 valence electrons. The summed E-state index contributed by atoms with van der Waals surface area (Å²) in [5.41, 5.74) is 2.16. The van der Waals surface area contributed by atoms with Gasteiger partial charge in [0.25, 0.3) is 0 Å². The summed E-state index contributed by atoms with van der Waals surface area (Å²) in [7, 11) is 0. The van der Waals surface area contributed by atoms with E-state index in [1.54, 1.807) is 11.8 Å². The van der Waals surface area contributed by atoms with Crippen molar-refractivity contribution in [1.29, 1.82) is 0 Å². The zero-order chi connectivity index (χ0) is 14.5. The maximum atomic E-state index is 4.61. The van der Waals surface area contributed by atoms with Crippen LogP contribution < -0.4 is 0 Å². The van der Waals surface area contributed by atoms with Crippen LogP contribution in [0.25, 0.3) is 11.4 Å². The van der Waals surface area contributed by atoms with E-state index in [2.05, 4.69) is 39.2 Å². The molecule has 0 radical (unpaired) electrons. The number of benzene rings is 1. The number of nitrogens with zero attached hydrogens (tertiary/aromatic N) is 3. The van der Waals surface area contributed by atoms with Crippen LogP contribution in [0.3, 0.4) is 0 Å². The van der Waals surface area contributed by atoms with E-state index in [0.29, 0.717) is 6.54 Å². The predicted molar refractivity (Wildman–Crippen MR) is 88.9 cm³/mol. The van der Waals surface area contributed by atoms with E-state index in [9.17, 15) is 0 Å². The van der Waals surface area contributed by atoms with Crippen molar-refractivity contribution in [2.24, 2.45) is 0 Å². The summed E-state index contributed by atoms with van der Waals surface area (Å²) >= 11 is 5.04. The Morgan fingerprint density at radius 2 is 2.10 bits per heavy atom. The van der Waals surface area contributed by atoms with Gasteiger partial charge in [-0.3, -0.25) is 0 Å². The standard InChI is InChI=1S/C15H16BrN3S/c1-4-9-19-14(12-5-7-13(16)8-6-12)17-15(18-19)20-10-11(2)3/h4-8H,1-2,9-10H2,3H3. The lowest BCUT2D eigenvalue weighted by atomic mass is 10.2. The zero-order valence-electron chi connectivity index (χ0n) is 11.3. The smallest absolute Gasteiger partial charge is 0.209 e. The minimum atomic E-state index is 0.645. The average molecular weight is 350 g/mol. The van der Waals surface area contributed by atoms with Gasteiger partial charge in [-0.05, 0) is 19.1 Å². The molecule has 0 bridgehead atoms. The molecular formula is C15H16BrN3S. The topological polar surface area (TPSA) is 30.7 Å². The number of hydrogen-bond acceptors (Lipinski definition) is 3. The summed E-state index contributed by atoms with van der Waals surface area (Å²) in [6, 6.07) is 8.06. The Hall–Kier alpha value is -1.33. The Labute approximate surface area is 131 Å². The van der Waals surface area contributed by atoms with Crippen molar-refractivity contribution in [3.8, 4) is 11.4 Å². The number of aromatic nitrogens is 3. The second-order valence-corrected chi connectivity index (χ2v) is 6.30. The van der Waals surface area contributed by atoms with Gasteiger partial charge in [-0.1, -0.05) is 58.1 Å². The highest BCUT2D eigenvalue weighted by molar-refractivity contribution is 9.10. The van der Waals surface area contributed by atoms with Crippen LogP contribution in [0.1, 0.15) is 6.92 Å². The fraction of sp³-hybridized carbons (Fsp3) is 0.200. The summed E-state index contributed by atoms with van der Waals surface area (Å²) in [5, 5.41) is 5.29. The quantitative estimate of drug-likeness (QED) is 0.565. The molecule has 0 atom stereocenters. The van der Waals surface area contributed by atoms with E-state index < -0.39 is 0 Å². The molecule has 0 saturated heterocycles. The van der Waals surface area contributed by atoms with Gasteiger partial charge >= 0.3 is 0 Å². The molecule has 0 spiro atoms. The maximum absolute atomic E-state index is 4.61. The average Bonchev–Trinajstić information content (AvgIpc) is 2.81. The van der Waals surface area contributed by atoms with Crippen LogP contribution in [0.5, 0.6) is 0 Å². The molecule has 2 aromatic rings. The van der Waals surface area contributed by atoms with E-state index in [0.717, 1.165) is 32.3 Å². The Bertz CT molecular complexity index is 617. The molecule has 0 fully saturated rings. The molecule has 5 heteroatoms. The molecule has 0 aliphatic heterocycles. The molecule has 0 aliphatic rings. The van der Waals surface area contributed by atoms with Crippen molar-refractivity contribution in [3.05, 3.63) is 53.5 Å². The van der Waals surface area contributed by atoms with Gasteiger partial charge in [0.1, 0.15) is 0 Å². The summed E-state index contributed by atoms with van der Waals surface area (Å²) in [6.07, 6.45) is 1.82. The normalized spacial score (nSPS) is 10.5. The second kappa shape index (κ2) is 6.90. The third-order valence-electron chi connectivity index (χ3n) is 2.50. The third kappa shape index (κ3) is 3.84. The molecule has 3 nitrogen and oxygen atoms in total. The minimum absolute atomic E-state index is 0.645. The van der Waals surface area contributed by atoms with Gasteiger partial charge < -0.3 is 0 Å². The first-order valence-corrected chi connectivity index (χ1v) is 7.97. The third-order valence-corrected chi connectivity index (χ3v) is 4.10. The van der Waals surface area contributed by atoms with Gasteiger partial charge in [0, 0.05) is 15.8 Å². The van der Waals surface area contributed by atoms with Gasteiger partial charge in [-0.15, -0.1) is 11.7 Å². The van der Waals surface area contributed by atoms with Crippen molar-refractivity contribution in [2.75, 3.05) is 5.75 Å². The van der Waals surface area contributed by atoms with Crippen molar-refractivity contribution in [2.45, 2.75) is 18.6 Å². The molecule has 0 aliphatic carbocycles. The van der Waals surface area contributed by atoms with Crippen LogP contribution in [-0.2, 0) is 6.54 Å². The highest BCUT2D eigenvalue weighted by Gasteiger charge is 2.11. The van der Waals surface area contributed by atoms with Crippen molar-refractivity contribution in [1.82, 2.24) is 14.8 Å². The number of allylic oxidation sites excluding steroid dienone is 1. The first kappa shape index (κ1) is 15.1. The van der Waals surface area contributed by atoms with Crippen LogP contribution in [0.15, 0.2) is 58.7 Å². The molecule has 1 aromatic heterocycles. The summed E-state index contributed by atoms with van der Waals surface area (Å²) in [4.78, 5) is 4.61. The lowest BCUT2D eigenvalue weighted by Gasteiger charge is -2.02. The molecule has 1 aromatic carbocycles. The molecule has 0 saturated carbocycles. The number of halogens is 1. The lowest BCUT2D eigenvalue weighted by Crippen LogP contribution is -2.00. The minimum Gasteiger partial charge on any atom is -0.241 e. The van der Waals surface area contributed by atoms with Crippen LogP contribution >= 0.6 is 27.7 Å². The van der Waals surface area contributed by atoms with Crippen LogP contribution in [0.2, 0.25) is 0 Å². The van der Waals surface area contributed by atoms with Gasteiger partial charge in [0.15, 0.2) is 5.82 Å². The van der Waals surface area contributed by atoms with E-state index in [4.69, 9.17) is 0 Å². The van der Waals surface area contributed by atoms with Crippen LogP contribution in [-0.4, -0.2) is 20.5 Å². The Balaban J connectivity index is 2.32. The Kier molecular flexibility index (Phi) is 5.20. The van der Waals surface area contributed by atoms with Gasteiger partial charge in [0.2, 0.25) is 5.16 Å². The van der Waals surface area contributed by atoms with Crippen LogP contribution in [0.4, 0.5) is 0 Å². The van der Waals surface area contributed by atoms with E-state index in [-0.39, 0.29) is 0 Å².